The third-order valence-corrected chi connectivity index (χ3v) is 3.17. The lowest BCUT2D eigenvalue weighted by Crippen LogP contribution is -2.59. The number of carbonyl (C=O) groups is 2. The van der Waals surface area contributed by atoms with Crippen LogP contribution in [0.2, 0.25) is 0 Å². The monoisotopic (exact) mass is 203 g/mol. The Balaban J connectivity index is 3.31. The lowest BCUT2D eigenvalue weighted by atomic mass is 9.72. The number of rotatable bonds is 1. The van der Waals surface area contributed by atoms with Crippen molar-refractivity contribution < 1.29 is 24.9 Å². The fourth-order valence-electron chi connectivity index (χ4n) is 1.40. The normalized spacial score (nSPS) is 40.8. The van der Waals surface area contributed by atoms with E-state index < -0.39 is 28.6 Å². The summed E-state index contributed by atoms with van der Waals surface area (Å²) in [5, 5.41) is 30.1. The van der Waals surface area contributed by atoms with Crippen LogP contribution in [-0.2, 0) is 9.59 Å². The molecule has 0 spiro atoms. The van der Waals surface area contributed by atoms with Gasteiger partial charge in [0.15, 0.2) is 5.60 Å². The fraction of sp³-hybridized carbons (Fsp3) is 0.750. The molecule has 1 aliphatic heterocycles. The van der Waals surface area contributed by atoms with E-state index in [1.165, 1.54) is 20.8 Å². The van der Waals surface area contributed by atoms with Gasteiger partial charge in [0, 0.05) is 0 Å². The third-order valence-electron chi connectivity index (χ3n) is 3.17. The Morgan fingerprint density at radius 3 is 1.86 bits per heavy atom. The van der Waals surface area contributed by atoms with Crippen molar-refractivity contribution in [2.24, 2.45) is 5.41 Å². The van der Waals surface area contributed by atoms with Gasteiger partial charge in [0.25, 0.3) is 5.91 Å². The molecular weight excluding hydrogens is 190 g/mol. The zero-order valence-corrected chi connectivity index (χ0v) is 8.16. The summed E-state index contributed by atoms with van der Waals surface area (Å²) in [6.07, 6.45) is 0. The van der Waals surface area contributed by atoms with Crippen molar-refractivity contribution in [2.45, 2.75) is 32.1 Å². The molecule has 1 saturated heterocycles. The van der Waals surface area contributed by atoms with Gasteiger partial charge in [-0.15, -0.1) is 0 Å². The SMILES string of the molecule is CC1(O)C(=O)N[C@](O)(C(=O)O)C1(C)C. The van der Waals surface area contributed by atoms with Crippen LogP contribution in [0.4, 0.5) is 0 Å². The minimum Gasteiger partial charge on any atom is -0.478 e. The molecule has 14 heavy (non-hydrogen) atoms. The Morgan fingerprint density at radius 1 is 1.29 bits per heavy atom. The summed E-state index contributed by atoms with van der Waals surface area (Å²) in [4.78, 5) is 22.0. The highest BCUT2D eigenvalue weighted by Crippen LogP contribution is 2.45. The molecule has 1 fully saturated rings. The van der Waals surface area contributed by atoms with Crippen molar-refractivity contribution in [1.82, 2.24) is 5.32 Å². The average molecular weight is 203 g/mol. The predicted molar refractivity (Wildman–Crippen MR) is 45.1 cm³/mol. The predicted octanol–water partition coefficient (Wildman–Crippen LogP) is -1.33. The van der Waals surface area contributed by atoms with E-state index in [4.69, 9.17) is 5.11 Å². The van der Waals surface area contributed by atoms with Gasteiger partial charge in [-0.1, -0.05) is 13.8 Å². The zero-order valence-electron chi connectivity index (χ0n) is 8.16. The second kappa shape index (κ2) is 2.46. The molecule has 0 radical (unpaired) electrons. The van der Waals surface area contributed by atoms with Crippen LogP contribution in [0.25, 0.3) is 0 Å². The van der Waals surface area contributed by atoms with Crippen LogP contribution in [0.3, 0.4) is 0 Å². The van der Waals surface area contributed by atoms with Gasteiger partial charge in [0.2, 0.25) is 5.72 Å². The quantitative estimate of drug-likeness (QED) is 0.422. The van der Waals surface area contributed by atoms with Crippen LogP contribution in [0.5, 0.6) is 0 Å². The maximum absolute atomic E-state index is 11.2. The van der Waals surface area contributed by atoms with E-state index in [0.717, 1.165) is 0 Å². The van der Waals surface area contributed by atoms with Crippen molar-refractivity contribution in [3.63, 3.8) is 0 Å². The maximum atomic E-state index is 11.2. The highest BCUT2D eigenvalue weighted by molar-refractivity contribution is 5.96. The van der Waals surface area contributed by atoms with Gasteiger partial charge < -0.3 is 20.6 Å². The standard InChI is InChI=1S/C8H13NO5/c1-6(2)7(3,13)4(10)9-8(6,14)5(11)12/h13-14H,1-3H3,(H,9,10)(H,11,12)/t7?,8-/m0/s1. The first-order valence-corrected chi connectivity index (χ1v) is 4.08. The van der Waals surface area contributed by atoms with Gasteiger partial charge in [-0.25, -0.2) is 4.79 Å². The molecule has 2 atom stereocenters. The maximum Gasteiger partial charge on any atom is 0.357 e. The largest absolute Gasteiger partial charge is 0.478 e. The first-order chi connectivity index (χ1) is 6.07. The molecule has 1 unspecified atom stereocenters. The first kappa shape index (κ1) is 10.9. The number of hydrogen-bond donors (Lipinski definition) is 4. The van der Waals surface area contributed by atoms with Crippen LogP contribution in [0.15, 0.2) is 0 Å². The number of hydrogen-bond acceptors (Lipinski definition) is 4. The minimum atomic E-state index is -2.44. The Kier molecular flexibility index (Phi) is 1.92. The molecule has 0 aromatic heterocycles. The van der Waals surface area contributed by atoms with Gasteiger partial charge >= 0.3 is 5.97 Å². The van der Waals surface area contributed by atoms with Crippen LogP contribution in [0, 0.1) is 5.41 Å². The summed E-state index contributed by atoms with van der Waals surface area (Å²) in [7, 11) is 0. The molecule has 0 bridgehead atoms. The van der Waals surface area contributed by atoms with E-state index in [2.05, 4.69) is 0 Å². The number of carboxylic acid groups (broad SMARTS) is 1. The van der Waals surface area contributed by atoms with Crippen molar-refractivity contribution in [2.75, 3.05) is 0 Å². The lowest BCUT2D eigenvalue weighted by Gasteiger charge is -2.36. The fourth-order valence-corrected chi connectivity index (χ4v) is 1.40. The Hall–Kier alpha value is -1.14. The summed E-state index contributed by atoms with van der Waals surface area (Å²) < 4.78 is 0. The molecule has 1 aliphatic rings. The number of amides is 1. The van der Waals surface area contributed by atoms with E-state index in [0.29, 0.717) is 0 Å². The topological polar surface area (TPSA) is 107 Å². The summed E-state index contributed by atoms with van der Waals surface area (Å²) in [6, 6.07) is 0. The van der Waals surface area contributed by atoms with E-state index in [-0.39, 0.29) is 0 Å². The van der Waals surface area contributed by atoms with Crippen molar-refractivity contribution >= 4 is 11.9 Å². The van der Waals surface area contributed by atoms with Gasteiger partial charge in [-0.2, -0.15) is 0 Å². The summed E-state index contributed by atoms with van der Waals surface area (Å²) in [6.45, 7) is 3.78. The smallest absolute Gasteiger partial charge is 0.357 e. The van der Waals surface area contributed by atoms with Crippen molar-refractivity contribution in [3.8, 4) is 0 Å². The van der Waals surface area contributed by atoms with Crippen LogP contribution in [0.1, 0.15) is 20.8 Å². The average Bonchev–Trinajstić information content (AvgIpc) is 2.12. The van der Waals surface area contributed by atoms with Crippen LogP contribution < -0.4 is 5.32 Å². The number of carbonyl (C=O) groups excluding carboxylic acids is 1. The highest BCUT2D eigenvalue weighted by atomic mass is 16.4. The summed E-state index contributed by atoms with van der Waals surface area (Å²) in [5.41, 5.74) is -5.86. The van der Waals surface area contributed by atoms with Gasteiger partial charge in [0.1, 0.15) is 0 Å². The number of carboxylic acids is 1. The Morgan fingerprint density at radius 2 is 1.71 bits per heavy atom. The molecule has 6 heteroatoms. The van der Waals surface area contributed by atoms with Gasteiger partial charge in [-0.3, -0.25) is 4.79 Å². The second-order valence-corrected chi connectivity index (χ2v) is 4.17. The first-order valence-electron chi connectivity index (χ1n) is 4.08. The minimum absolute atomic E-state index is 0.896. The lowest BCUT2D eigenvalue weighted by molar-refractivity contribution is -0.184. The van der Waals surface area contributed by atoms with Gasteiger partial charge in [0.05, 0.1) is 5.41 Å². The van der Waals surface area contributed by atoms with E-state index in [9.17, 15) is 19.8 Å². The Bertz CT molecular complexity index is 309. The molecule has 1 amide bonds. The van der Waals surface area contributed by atoms with Crippen molar-refractivity contribution in [1.29, 1.82) is 0 Å². The molecule has 0 aliphatic carbocycles. The van der Waals surface area contributed by atoms with E-state index in [1.807, 2.05) is 5.32 Å². The molecule has 1 rings (SSSR count). The molecular formula is C8H13NO5. The number of nitrogens with one attached hydrogen (secondary N) is 1. The van der Waals surface area contributed by atoms with Crippen LogP contribution in [-0.4, -0.2) is 38.5 Å². The third kappa shape index (κ3) is 0.921. The molecule has 80 valence electrons. The highest BCUT2D eigenvalue weighted by Gasteiger charge is 2.69. The Labute approximate surface area is 80.5 Å². The molecule has 0 saturated carbocycles. The summed E-state index contributed by atoms with van der Waals surface area (Å²) in [5.74, 6) is -2.49. The second-order valence-electron chi connectivity index (χ2n) is 4.17. The molecule has 0 aromatic carbocycles. The molecule has 4 N–H and O–H groups in total. The number of aliphatic hydroxyl groups is 2. The van der Waals surface area contributed by atoms with E-state index >= 15 is 0 Å². The molecule has 1 heterocycles. The van der Waals surface area contributed by atoms with Crippen molar-refractivity contribution in [3.05, 3.63) is 0 Å². The molecule has 0 aromatic rings. The van der Waals surface area contributed by atoms with E-state index in [1.54, 1.807) is 0 Å². The summed E-state index contributed by atoms with van der Waals surface area (Å²) >= 11 is 0. The zero-order chi connectivity index (χ0) is 11.4. The molecule has 6 nitrogen and oxygen atoms in total. The number of aliphatic carboxylic acids is 1. The van der Waals surface area contributed by atoms with Gasteiger partial charge in [-0.05, 0) is 6.92 Å². The van der Waals surface area contributed by atoms with Crippen LogP contribution >= 0.6 is 0 Å².